The van der Waals surface area contributed by atoms with Crippen LogP contribution in [-0.2, 0) is 9.53 Å². The van der Waals surface area contributed by atoms with Crippen molar-refractivity contribution in [1.82, 2.24) is 4.90 Å². The van der Waals surface area contributed by atoms with Gasteiger partial charge in [0.2, 0.25) is 5.91 Å². The summed E-state index contributed by atoms with van der Waals surface area (Å²) in [6, 6.07) is 0.280. The summed E-state index contributed by atoms with van der Waals surface area (Å²) in [5.74, 6) is 0.906. The number of rotatable bonds is 5. The normalized spacial score (nSPS) is 21.7. The highest BCUT2D eigenvalue weighted by Crippen LogP contribution is 2.13. The molecule has 0 spiro atoms. The summed E-state index contributed by atoms with van der Waals surface area (Å²) in [6.45, 7) is 4.21. The zero-order valence-corrected chi connectivity index (χ0v) is 10.1. The SMILES string of the molecule is CCC1COCCN1C(=O)CCCCCl. The van der Waals surface area contributed by atoms with Crippen molar-refractivity contribution in [2.45, 2.75) is 38.6 Å². The van der Waals surface area contributed by atoms with E-state index in [1.807, 2.05) is 4.90 Å². The molecule has 4 heteroatoms. The third kappa shape index (κ3) is 3.99. The standard InChI is InChI=1S/C11H20ClNO2/c1-2-10-9-15-8-7-13(10)11(14)5-3-4-6-12/h10H,2-9H2,1H3. The molecule has 1 aliphatic heterocycles. The molecule has 1 amide bonds. The minimum atomic E-state index is 0.260. The van der Waals surface area contributed by atoms with Crippen molar-refractivity contribution in [3.63, 3.8) is 0 Å². The van der Waals surface area contributed by atoms with E-state index in [2.05, 4.69) is 6.92 Å². The summed E-state index contributed by atoms with van der Waals surface area (Å²) in [5.41, 5.74) is 0. The minimum absolute atomic E-state index is 0.260. The zero-order valence-electron chi connectivity index (χ0n) is 9.38. The van der Waals surface area contributed by atoms with Crippen LogP contribution in [0.4, 0.5) is 0 Å². The van der Waals surface area contributed by atoms with Gasteiger partial charge in [0.25, 0.3) is 0 Å². The van der Waals surface area contributed by atoms with Crippen LogP contribution < -0.4 is 0 Å². The topological polar surface area (TPSA) is 29.5 Å². The number of unbranched alkanes of at least 4 members (excludes halogenated alkanes) is 1. The van der Waals surface area contributed by atoms with Gasteiger partial charge in [0.15, 0.2) is 0 Å². The lowest BCUT2D eigenvalue weighted by Crippen LogP contribution is -2.48. The van der Waals surface area contributed by atoms with Gasteiger partial charge in [-0.05, 0) is 19.3 Å². The molecule has 1 unspecified atom stereocenters. The lowest BCUT2D eigenvalue weighted by atomic mass is 10.1. The summed E-state index contributed by atoms with van der Waals surface area (Å²) < 4.78 is 5.36. The number of nitrogens with zero attached hydrogens (tertiary/aromatic N) is 1. The lowest BCUT2D eigenvalue weighted by molar-refractivity contribution is -0.140. The Morgan fingerprint density at radius 3 is 3.00 bits per heavy atom. The van der Waals surface area contributed by atoms with E-state index >= 15 is 0 Å². The van der Waals surface area contributed by atoms with Crippen molar-refractivity contribution in [3.8, 4) is 0 Å². The van der Waals surface area contributed by atoms with Crippen LogP contribution in [-0.4, -0.2) is 42.5 Å². The molecule has 1 atom stereocenters. The fourth-order valence-electron chi connectivity index (χ4n) is 1.84. The Balaban J connectivity index is 2.34. The highest BCUT2D eigenvalue weighted by Gasteiger charge is 2.24. The van der Waals surface area contributed by atoms with Crippen LogP contribution in [0.2, 0.25) is 0 Å². The lowest BCUT2D eigenvalue weighted by Gasteiger charge is -2.35. The number of carbonyl (C=O) groups is 1. The molecule has 88 valence electrons. The Morgan fingerprint density at radius 2 is 2.33 bits per heavy atom. The monoisotopic (exact) mass is 233 g/mol. The van der Waals surface area contributed by atoms with Crippen LogP contribution >= 0.6 is 11.6 Å². The molecular formula is C11H20ClNO2. The molecule has 0 radical (unpaired) electrons. The predicted octanol–water partition coefficient (Wildman–Crippen LogP) is 2.03. The van der Waals surface area contributed by atoms with Crippen molar-refractivity contribution in [2.75, 3.05) is 25.6 Å². The first-order valence-electron chi connectivity index (χ1n) is 5.72. The maximum absolute atomic E-state index is 11.9. The van der Waals surface area contributed by atoms with E-state index in [4.69, 9.17) is 16.3 Å². The third-order valence-electron chi connectivity index (χ3n) is 2.79. The number of halogens is 1. The van der Waals surface area contributed by atoms with Crippen LogP contribution in [0, 0.1) is 0 Å². The summed E-state index contributed by atoms with van der Waals surface area (Å²) in [4.78, 5) is 13.8. The quantitative estimate of drug-likeness (QED) is 0.537. The first-order chi connectivity index (χ1) is 7.29. The number of alkyl halides is 1. The number of carbonyl (C=O) groups excluding carboxylic acids is 1. The zero-order chi connectivity index (χ0) is 11.1. The second-order valence-electron chi connectivity index (χ2n) is 3.87. The van der Waals surface area contributed by atoms with E-state index in [0.29, 0.717) is 25.5 Å². The van der Waals surface area contributed by atoms with Gasteiger partial charge in [-0.1, -0.05) is 6.92 Å². The van der Waals surface area contributed by atoms with Gasteiger partial charge in [-0.3, -0.25) is 4.79 Å². The van der Waals surface area contributed by atoms with Crippen LogP contribution in [0.15, 0.2) is 0 Å². The fraction of sp³-hybridized carbons (Fsp3) is 0.909. The molecule has 0 aromatic rings. The first kappa shape index (κ1) is 12.8. The molecule has 0 aromatic carbocycles. The molecule has 0 saturated carbocycles. The maximum Gasteiger partial charge on any atom is 0.222 e. The molecule has 1 aliphatic rings. The largest absolute Gasteiger partial charge is 0.377 e. The van der Waals surface area contributed by atoms with Crippen molar-refractivity contribution < 1.29 is 9.53 Å². The molecule has 0 aliphatic carbocycles. The van der Waals surface area contributed by atoms with Crippen molar-refractivity contribution in [1.29, 1.82) is 0 Å². The van der Waals surface area contributed by atoms with E-state index in [9.17, 15) is 4.79 Å². The number of ether oxygens (including phenoxy) is 1. The van der Waals surface area contributed by atoms with Crippen LogP contribution in [0.1, 0.15) is 32.6 Å². The Labute approximate surface area is 96.7 Å². The molecule has 3 nitrogen and oxygen atoms in total. The van der Waals surface area contributed by atoms with Gasteiger partial charge in [0.1, 0.15) is 0 Å². The summed E-state index contributed by atoms with van der Waals surface area (Å²) >= 11 is 5.58. The van der Waals surface area contributed by atoms with Gasteiger partial charge in [-0.2, -0.15) is 0 Å². The summed E-state index contributed by atoms with van der Waals surface area (Å²) in [5, 5.41) is 0. The molecular weight excluding hydrogens is 214 g/mol. The van der Waals surface area contributed by atoms with Crippen molar-refractivity contribution >= 4 is 17.5 Å². The fourth-order valence-corrected chi connectivity index (χ4v) is 2.02. The van der Waals surface area contributed by atoms with Gasteiger partial charge < -0.3 is 9.64 Å². The number of hydrogen-bond donors (Lipinski definition) is 0. The number of morpholine rings is 1. The highest BCUT2D eigenvalue weighted by molar-refractivity contribution is 6.17. The molecule has 0 N–H and O–H groups in total. The van der Waals surface area contributed by atoms with Gasteiger partial charge in [-0.25, -0.2) is 0 Å². The van der Waals surface area contributed by atoms with E-state index in [0.717, 1.165) is 25.8 Å². The van der Waals surface area contributed by atoms with Crippen LogP contribution in [0.25, 0.3) is 0 Å². The van der Waals surface area contributed by atoms with E-state index in [-0.39, 0.29) is 11.9 Å². The van der Waals surface area contributed by atoms with Crippen molar-refractivity contribution in [2.24, 2.45) is 0 Å². The van der Waals surface area contributed by atoms with Gasteiger partial charge in [0.05, 0.1) is 19.3 Å². The molecule has 1 saturated heterocycles. The summed E-state index contributed by atoms with van der Waals surface area (Å²) in [7, 11) is 0. The molecule has 15 heavy (non-hydrogen) atoms. The average Bonchev–Trinajstić information content (AvgIpc) is 2.29. The average molecular weight is 234 g/mol. The Hall–Kier alpha value is -0.280. The van der Waals surface area contributed by atoms with Gasteiger partial charge in [0, 0.05) is 18.8 Å². The van der Waals surface area contributed by atoms with E-state index in [1.165, 1.54) is 0 Å². The summed E-state index contributed by atoms with van der Waals surface area (Å²) in [6.07, 6.45) is 3.43. The van der Waals surface area contributed by atoms with Crippen molar-refractivity contribution in [3.05, 3.63) is 0 Å². The van der Waals surface area contributed by atoms with Crippen LogP contribution in [0.5, 0.6) is 0 Å². The second-order valence-corrected chi connectivity index (χ2v) is 4.25. The van der Waals surface area contributed by atoms with Gasteiger partial charge >= 0.3 is 0 Å². The smallest absolute Gasteiger partial charge is 0.222 e. The Bertz CT molecular complexity index is 199. The number of hydrogen-bond acceptors (Lipinski definition) is 2. The Morgan fingerprint density at radius 1 is 1.53 bits per heavy atom. The molecule has 0 aromatic heterocycles. The predicted molar refractivity (Wildman–Crippen MR) is 61.2 cm³/mol. The Kier molecular flexibility index (Phi) is 6.03. The third-order valence-corrected chi connectivity index (χ3v) is 3.06. The molecule has 0 bridgehead atoms. The first-order valence-corrected chi connectivity index (χ1v) is 6.26. The van der Waals surface area contributed by atoms with E-state index < -0.39 is 0 Å². The highest BCUT2D eigenvalue weighted by atomic mass is 35.5. The van der Waals surface area contributed by atoms with Crippen LogP contribution in [0.3, 0.4) is 0 Å². The molecule has 1 heterocycles. The molecule has 1 fully saturated rings. The number of amides is 1. The second kappa shape index (κ2) is 7.07. The van der Waals surface area contributed by atoms with E-state index in [1.54, 1.807) is 0 Å². The minimum Gasteiger partial charge on any atom is -0.377 e. The molecule has 1 rings (SSSR count). The maximum atomic E-state index is 11.9. The van der Waals surface area contributed by atoms with Gasteiger partial charge in [-0.15, -0.1) is 11.6 Å².